The largest absolute Gasteiger partial charge is 0.381 e. The van der Waals surface area contributed by atoms with E-state index in [1.807, 2.05) is 35.2 Å². The van der Waals surface area contributed by atoms with Gasteiger partial charge in [0, 0.05) is 42.6 Å². The van der Waals surface area contributed by atoms with E-state index < -0.39 is 0 Å². The molecule has 4 rings (SSSR count). The molecule has 2 fully saturated rings. The van der Waals surface area contributed by atoms with E-state index in [1.165, 1.54) is 12.8 Å². The predicted octanol–water partition coefficient (Wildman–Crippen LogP) is 3.61. The number of amides is 1. The molecule has 1 aliphatic carbocycles. The standard InChI is InChI=1S/C20H24N2O2/c1-2-22(12-14-9-10-24-13-14)20(23)17-11-19(15-7-8-15)21-18-6-4-3-5-16(17)18/h3-6,11,14-15H,2,7-10,12-13H2,1H3/t14-/m0/s1. The quantitative estimate of drug-likeness (QED) is 0.844. The maximum absolute atomic E-state index is 13.2. The molecule has 126 valence electrons. The predicted molar refractivity (Wildman–Crippen MR) is 94.2 cm³/mol. The van der Waals surface area contributed by atoms with Crippen molar-refractivity contribution in [1.29, 1.82) is 0 Å². The first kappa shape index (κ1) is 15.6. The second kappa shape index (κ2) is 6.52. The number of ether oxygens (including phenoxy) is 1. The van der Waals surface area contributed by atoms with E-state index in [0.29, 0.717) is 11.8 Å². The van der Waals surface area contributed by atoms with Gasteiger partial charge in [-0.15, -0.1) is 0 Å². The third-order valence-electron chi connectivity index (χ3n) is 5.13. The Hall–Kier alpha value is -1.94. The number of aromatic nitrogens is 1. The molecule has 0 bridgehead atoms. The summed E-state index contributed by atoms with van der Waals surface area (Å²) in [5.41, 5.74) is 2.83. The SMILES string of the molecule is CCN(C[C@@H]1CCOC1)C(=O)c1cc(C2CC2)nc2ccccc12. The van der Waals surface area contributed by atoms with Gasteiger partial charge in [0.1, 0.15) is 0 Å². The summed E-state index contributed by atoms with van der Waals surface area (Å²) < 4.78 is 5.47. The molecular weight excluding hydrogens is 300 g/mol. The molecule has 1 aromatic heterocycles. The van der Waals surface area contributed by atoms with Gasteiger partial charge in [0.2, 0.25) is 0 Å². The third kappa shape index (κ3) is 3.03. The van der Waals surface area contributed by atoms with Crippen LogP contribution in [-0.2, 0) is 4.74 Å². The van der Waals surface area contributed by atoms with Gasteiger partial charge in [0.15, 0.2) is 0 Å². The Morgan fingerprint density at radius 2 is 2.12 bits per heavy atom. The summed E-state index contributed by atoms with van der Waals surface area (Å²) in [6.07, 6.45) is 3.43. The van der Waals surface area contributed by atoms with E-state index in [0.717, 1.165) is 54.9 Å². The number of pyridine rings is 1. The van der Waals surface area contributed by atoms with Crippen molar-refractivity contribution in [3.8, 4) is 0 Å². The number of fused-ring (bicyclic) bond motifs is 1. The van der Waals surface area contributed by atoms with Gasteiger partial charge in [0.25, 0.3) is 5.91 Å². The van der Waals surface area contributed by atoms with Crippen LogP contribution in [0.4, 0.5) is 0 Å². The van der Waals surface area contributed by atoms with Crippen LogP contribution in [0.2, 0.25) is 0 Å². The third-order valence-corrected chi connectivity index (χ3v) is 5.13. The zero-order valence-corrected chi connectivity index (χ0v) is 14.2. The Morgan fingerprint density at radius 1 is 1.29 bits per heavy atom. The highest BCUT2D eigenvalue weighted by molar-refractivity contribution is 6.06. The second-order valence-electron chi connectivity index (χ2n) is 6.96. The molecule has 0 unspecified atom stereocenters. The van der Waals surface area contributed by atoms with Crippen molar-refractivity contribution in [1.82, 2.24) is 9.88 Å². The molecule has 4 nitrogen and oxygen atoms in total. The fourth-order valence-corrected chi connectivity index (χ4v) is 3.53. The van der Waals surface area contributed by atoms with Crippen LogP contribution in [0, 0.1) is 5.92 Å². The number of hydrogen-bond acceptors (Lipinski definition) is 3. The summed E-state index contributed by atoms with van der Waals surface area (Å²) in [5.74, 6) is 1.13. The number of para-hydroxylation sites is 1. The number of carbonyl (C=O) groups excluding carboxylic acids is 1. The number of benzene rings is 1. The summed E-state index contributed by atoms with van der Waals surface area (Å²) in [4.78, 5) is 20.0. The molecule has 0 spiro atoms. The number of carbonyl (C=O) groups is 1. The Kier molecular flexibility index (Phi) is 4.23. The van der Waals surface area contributed by atoms with Gasteiger partial charge in [-0.2, -0.15) is 0 Å². The minimum atomic E-state index is 0.130. The first-order chi connectivity index (χ1) is 11.8. The second-order valence-corrected chi connectivity index (χ2v) is 6.96. The van der Waals surface area contributed by atoms with Crippen LogP contribution >= 0.6 is 0 Å². The Bertz CT molecular complexity index is 748. The molecule has 1 atom stereocenters. The van der Waals surface area contributed by atoms with Crippen LogP contribution in [0.5, 0.6) is 0 Å². The minimum absolute atomic E-state index is 0.130. The Morgan fingerprint density at radius 3 is 2.83 bits per heavy atom. The smallest absolute Gasteiger partial charge is 0.254 e. The van der Waals surface area contributed by atoms with E-state index in [9.17, 15) is 4.79 Å². The van der Waals surface area contributed by atoms with Gasteiger partial charge < -0.3 is 9.64 Å². The summed E-state index contributed by atoms with van der Waals surface area (Å²) >= 11 is 0. The molecule has 1 saturated heterocycles. The minimum Gasteiger partial charge on any atom is -0.381 e. The fourth-order valence-electron chi connectivity index (χ4n) is 3.53. The summed E-state index contributed by atoms with van der Waals surface area (Å²) in [7, 11) is 0. The number of hydrogen-bond donors (Lipinski definition) is 0. The maximum Gasteiger partial charge on any atom is 0.254 e. The van der Waals surface area contributed by atoms with E-state index in [4.69, 9.17) is 9.72 Å². The van der Waals surface area contributed by atoms with Crippen LogP contribution in [0.1, 0.15) is 48.2 Å². The highest BCUT2D eigenvalue weighted by Crippen LogP contribution is 2.40. The van der Waals surface area contributed by atoms with Crippen molar-refractivity contribution in [3.63, 3.8) is 0 Å². The summed E-state index contributed by atoms with van der Waals surface area (Å²) in [5, 5.41) is 0.966. The van der Waals surface area contributed by atoms with E-state index >= 15 is 0 Å². The van der Waals surface area contributed by atoms with Crippen molar-refractivity contribution in [2.45, 2.75) is 32.1 Å². The molecule has 0 N–H and O–H groups in total. The zero-order chi connectivity index (χ0) is 16.5. The number of rotatable bonds is 5. The highest BCUT2D eigenvalue weighted by Gasteiger charge is 2.28. The molecule has 1 aromatic carbocycles. The van der Waals surface area contributed by atoms with Crippen LogP contribution < -0.4 is 0 Å². The molecular formula is C20H24N2O2. The topological polar surface area (TPSA) is 42.4 Å². The van der Waals surface area contributed by atoms with Gasteiger partial charge in [0.05, 0.1) is 17.7 Å². The summed E-state index contributed by atoms with van der Waals surface area (Å²) in [6.45, 7) is 5.16. The van der Waals surface area contributed by atoms with Crippen molar-refractivity contribution < 1.29 is 9.53 Å². The van der Waals surface area contributed by atoms with Gasteiger partial charge in [-0.3, -0.25) is 9.78 Å². The lowest BCUT2D eigenvalue weighted by atomic mass is 10.0. The first-order valence-corrected chi connectivity index (χ1v) is 9.03. The lowest BCUT2D eigenvalue weighted by molar-refractivity contribution is 0.0732. The molecule has 1 saturated carbocycles. The maximum atomic E-state index is 13.2. The van der Waals surface area contributed by atoms with Gasteiger partial charge in [-0.05, 0) is 38.3 Å². The molecule has 24 heavy (non-hydrogen) atoms. The molecule has 1 aliphatic heterocycles. The summed E-state index contributed by atoms with van der Waals surface area (Å²) in [6, 6.07) is 10.0. The molecule has 1 amide bonds. The number of nitrogens with zero attached hydrogens (tertiary/aromatic N) is 2. The van der Waals surface area contributed by atoms with Crippen molar-refractivity contribution in [2.75, 3.05) is 26.3 Å². The Balaban J connectivity index is 1.68. The van der Waals surface area contributed by atoms with Crippen molar-refractivity contribution >= 4 is 16.8 Å². The molecule has 2 heterocycles. The van der Waals surface area contributed by atoms with E-state index in [2.05, 4.69) is 6.92 Å². The zero-order valence-electron chi connectivity index (χ0n) is 14.2. The molecule has 4 heteroatoms. The average Bonchev–Trinajstić information content (AvgIpc) is 3.35. The van der Waals surface area contributed by atoms with E-state index in [-0.39, 0.29) is 5.91 Å². The van der Waals surface area contributed by atoms with E-state index in [1.54, 1.807) is 0 Å². The Labute approximate surface area is 142 Å². The lowest BCUT2D eigenvalue weighted by Crippen LogP contribution is -2.35. The van der Waals surface area contributed by atoms with Crippen LogP contribution in [0.3, 0.4) is 0 Å². The molecule has 0 radical (unpaired) electrons. The monoisotopic (exact) mass is 324 g/mol. The lowest BCUT2D eigenvalue weighted by Gasteiger charge is -2.24. The van der Waals surface area contributed by atoms with Crippen molar-refractivity contribution in [3.05, 3.63) is 41.6 Å². The van der Waals surface area contributed by atoms with Crippen LogP contribution in [-0.4, -0.2) is 42.1 Å². The van der Waals surface area contributed by atoms with Crippen LogP contribution in [0.25, 0.3) is 10.9 Å². The van der Waals surface area contributed by atoms with Gasteiger partial charge in [-0.1, -0.05) is 18.2 Å². The first-order valence-electron chi connectivity index (χ1n) is 9.03. The fraction of sp³-hybridized carbons (Fsp3) is 0.500. The highest BCUT2D eigenvalue weighted by atomic mass is 16.5. The van der Waals surface area contributed by atoms with Crippen LogP contribution in [0.15, 0.2) is 30.3 Å². The molecule has 2 aliphatic rings. The molecule has 2 aromatic rings. The van der Waals surface area contributed by atoms with Crippen molar-refractivity contribution in [2.24, 2.45) is 5.92 Å². The van der Waals surface area contributed by atoms with Gasteiger partial charge in [-0.25, -0.2) is 0 Å². The van der Waals surface area contributed by atoms with Gasteiger partial charge >= 0.3 is 0 Å². The normalized spacial score (nSPS) is 20.5. The average molecular weight is 324 g/mol.